The molecule has 0 radical (unpaired) electrons. The Hall–Kier alpha value is -3.29. The average Bonchev–Trinajstić information content (AvgIpc) is 3.13. The summed E-state index contributed by atoms with van der Waals surface area (Å²) in [4.78, 5) is 16.4. The van der Waals surface area contributed by atoms with Crippen LogP contribution in [0.1, 0.15) is 21.7 Å². The van der Waals surface area contributed by atoms with Gasteiger partial charge in [0.25, 0.3) is 5.91 Å². The van der Waals surface area contributed by atoms with E-state index in [0.717, 1.165) is 12.1 Å². The van der Waals surface area contributed by atoms with Crippen LogP contribution in [-0.2, 0) is 12.7 Å². The lowest BCUT2D eigenvalue weighted by atomic mass is 10.2. The molecule has 0 atom stereocenters. The van der Waals surface area contributed by atoms with E-state index in [1.165, 1.54) is 24.4 Å². The highest BCUT2D eigenvalue weighted by molar-refractivity contribution is 6.04. The van der Waals surface area contributed by atoms with E-state index in [4.69, 9.17) is 4.42 Å². The second-order valence-electron chi connectivity index (χ2n) is 5.39. The minimum absolute atomic E-state index is 0.268. The van der Waals surface area contributed by atoms with Gasteiger partial charge in [0.05, 0.1) is 18.4 Å². The van der Waals surface area contributed by atoms with Crippen LogP contribution in [0.5, 0.6) is 0 Å². The Morgan fingerprint density at radius 3 is 2.54 bits per heavy atom. The van der Waals surface area contributed by atoms with Gasteiger partial charge in [0.1, 0.15) is 11.6 Å². The highest BCUT2D eigenvalue weighted by Crippen LogP contribution is 2.29. The molecule has 0 unspecified atom stereocenters. The number of benzene rings is 1. The Kier molecular flexibility index (Phi) is 4.92. The third kappa shape index (κ3) is 4.41. The number of hydrogen-bond donors (Lipinski definition) is 2. The first-order chi connectivity index (χ1) is 12.4. The number of rotatable bonds is 5. The molecule has 0 saturated heterocycles. The highest BCUT2D eigenvalue weighted by Gasteiger charge is 2.30. The van der Waals surface area contributed by atoms with Crippen LogP contribution in [0.25, 0.3) is 0 Å². The molecule has 2 heterocycles. The molecule has 1 amide bonds. The molecule has 3 aromatic rings. The zero-order valence-corrected chi connectivity index (χ0v) is 13.4. The number of amides is 1. The number of alkyl halides is 3. The lowest BCUT2D eigenvalue weighted by Gasteiger charge is -2.09. The van der Waals surface area contributed by atoms with Gasteiger partial charge in [-0.1, -0.05) is 0 Å². The third-order valence-electron chi connectivity index (χ3n) is 3.52. The smallest absolute Gasteiger partial charge is 0.416 e. The van der Waals surface area contributed by atoms with Gasteiger partial charge >= 0.3 is 6.18 Å². The first-order valence-electron chi connectivity index (χ1n) is 7.63. The minimum atomic E-state index is -4.41. The van der Waals surface area contributed by atoms with E-state index in [9.17, 15) is 18.0 Å². The van der Waals surface area contributed by atoms with Gasteiger partial charge in [-0.15, -0.1) is 0 Å². The van der Waals surface area contributed by atoms with Crippen molar-refractivity contribution in [1.82, 2.24) is 4.98 Å². The van der Waals surface area contributed by atoms with Crippen LogP contribution in [0, 0.1) is 0 Å². The van der Waals surface area contributed by atoms with Crippen LogP contribution in [0.15, 0.2) is 65.4 Å². The maximum absolute atomic E-state index is 12.6. The van der Waals surface area contributed by atoms with Crippen molar-refractivity contribution < 1.29 is 22.4 Å². The number of furan rings is 1. The number of carbonyl (C=O) groups excluding carboxylic acids is 1. The molecule has 0 aliphatic heterocycles. The van der Waals surface area contributed by atoms with Gasteiger partial charge in [-0.3, -0.25) is 4.79 Å². The fourth-order valence-corrected chi connectivity index (χ4v) is 2.21. The van der Waals surface area contributed by atoms with Crippen LogP contribution in [0.3, 0.4) is 0 Å². The van der Waals surface area contributed by atoms with E-state index in [1.807, 2.05) is 0 Å². The first-order valence-corrected chi connectivity index (χ1v) is 7.63. The molecule has 3 rings (SSSR count). The predicted octanol–water partition coefficient (Wildman–Crippen LogP) is 4.56. The molecule has 1 aromatic carbocycles. The van der Waals surface area contributed by atoms with Gasteiger partial charge in [0.15, 0.2) is 0 Å². The lowest BCUT2D eigenvalue weighted by molar-refractivity contribution is -0.137. The maximum atomic E-state index is 12.6. The summed E-state index contributed by atoms with van der Waals surface area (Å²) in [6.45, 7) is 0.407. The molecule has 0 fully saturated rings. The van der Waals surface area contributed by atoms with Crippen molar-refractivity contribution in [1.29, 1.82) is 0 Å². The highest BCUT2D eigenvalue weighted by atomic mass is 19.4. The van der Waals surface area contributed by atoms with Crippen LogP contribution in [-0.4, -0.2) is 10.9 Å². The van der Waals surface area contributed by atoms with Gasteiger partial charge in [0.2, 0.25) is 0 Å². The number of anilines is 2. The SMILES string of the molecule is O=C(Nc1ccc(C(F)(F)F)cc1)c1ccnc(NCc2ccco2)c1. The Morgan fingerprint density at radius 1 is 1.12 bits per heavy atom. The molecular weight excluding hydrogens is 347 g/mol. The second kappa shape index (κ2) is 7.30. The summed E-state index contributed by atoms with van der Waals surface area (Å²) in [5.74, 6) is 0.737. The number of pyridine rings is 1. The molecule has 5 nitrogen and oxygen atoms in total. The number of halogens is 3. The van der Waals surface area contributed by atoms with E-state index < -0.39 is 17.6 Å². The Morgan fingerprint density at radius 2 is 1.88 bits per heavy atom. The van der Waals surface area contributed by atoms with E-state index >= 15 is 0 Å². The molecule has 0 saturated carbocycles. The molecule has 134 valence electrons. The Balaban J connectivity index is 1.65. The van der Waals surface area contributed by atoms with E-state index in [1.54, 1.807) is 24.5 Å². The largest absolute Gasteiger partial charge is 0.467 e. The van der Waals surface area contributed by atoms with Crippen LogP contribution >= 0.6 is 0 Å². The van der Waals surface area contributed by atoms with Crippen molar-refractivity contribution in [3.8, 4) is 0 Å². The topological polar surface area (TPSA) is 67.2 Å². The van der Waals surface area contributed by atoms with E-state index in [2.05, 4.69) is 15.6 Å². The van der Waals surface area contributed by atoms with Crippen molar-refractivity contribution in [2.24, 2.45) is 0 Å². The van der Waals surface area contributed by atoms with Gasteiger partial charge in [-0.05, 0) is 48.5 Å². The van der Waals surface area contributed by atoms with Crippen LogP contribution in [0.2, 0.25) is 0 Å². The maximum Gasteiger partial charge on any atom is 0.416 e. The zero-order chi connectivity index (χ0) is 18.6. The van der Waals surface area contributed by atoms with Gasteiger partial charge in [-0.2, -0.15) is 13.2 Å². The van der Waals surface area contributed by atoms with E-state index in [0.29, 0.717) is 23.7 Å². The molecular formula is C18H14F3N3O2. The Bertz CT molecular complexity index is 875. The van der Waals surface area contributed by atoms with Crippen molar-refractivity contribution in [3.05, 3.63) is 77.9 Å². The number of aromatic nitrogens is 1. The quantitative estimate of drug-likeness (QED) is 0.699. The minimum Gasteiger partial charge on any atom is -0.467 e. The van der Waals surface area contributed by atoms with Crippen molar-refractivity contribution in [3.63, 3.8) is 0 Å². The fourth-order valence-electron chi connectivity index (χ4n) is 2.21. The third-order valence-corrected chi connectivity index (χ3v) is 3.52. The summed E-state index contributed by atoms with van der Waals surface area (Å²) >= 11 is 0. The number of hydrogen-bond acceptors (Lipinski definition) is 4. The Labute approximate surface area is 146 Å². The monoisotopic (exact) mass is 361 g/mol. The summed E-state index contributed by atoms with van der Waals surface area (Å²) in [7, 11) is 0. The molecule has 26 heavy (non-hydrogen) atoms. The van der Waals surface area contributed by atoms with Gasteiger partial charge in [-0.25, -0.2) is 4.98 Å². The first kappa shape index (κ1) is 17.5. The number of nitrogens with one attached hydrogen (secondary N) is 2. The zero-order valence-electron chi connectivity index (χ0n) is 13.4. The lowest BCUT2D eigenvalue weighted by Crippen LogP contribution is -2.13. The second-order valence-corrected chi connectivity index (χ2v) is 5.39. The van der Waals surface area contributed by atoms with Gasteiger partial charge < -0.3 is 15.1 Å². The fraction of sp³-hybridized carbons (Fsp3) is 0.111. The predicted molar refractivity (Wildman–Crippen MR) is 89.7 cm³/mol. The summed E-state index contributed by atoms with van der Waals surface area (Å²) in [6.07, 6.45) is -1.40. The molecule has 2 N–H and O–H groups in total. The molecule has 0 spiro atoms. The van der Waals surface area contributed by atoms with Crippen LogP contribution < -0.4 is 10.6 Å². The molecule has 0 aliphatic carbocycles. The van der Waals surface area contributed by atoms with Crippen molar-refractivity contribution in [2.45, 2.75) is 12.7 Å². The molecule has 0 aliphatic rings. The van der Waals surface area contributed by atoms with Crippen molar-refractivity contribution in [2.75, 3.05) is 10.6 Å². The van der Waals surface area contributed by atoms with Crippen molar-refractivity contribution >= 4 is 17.4 Å². The number of carbonyl (C=O) groups is 1. The van der Waals surface area contributed by atoms with Gasteiger partial charge in [0, 0.05) is 17.4 Å². The molecule has 0 bridgehead atoms. The summed E-state index contributed by atoms with van der Waals surface area (Å²) in [6, 6.07) is 10.9. The van der Waals surface area contributed by atoms with Crippen LogP contribution in [0.4, 0.5) is 24.7 Å². The summed E-state index contributed by atoms with van der Waals surface area (Å²) in [5, 5.41) is 5.57. The number of nitrogens with zero attached hydrogens (tertiary/aromatic N) is 1. The molecule has 2 aromatic heterocycles. The summed E-state index contributed by atoms with van der Waals surface area (Å²) < 4.78 is 42.9. The normalized spacial score (nSPS) is 11.2. The standard InChI is InChI=1S/C18H14F3N3O2/c19-18(20,21)13-3-5-14(6-4-13)24-17(25)12-7-8-22-16(10-12)23-11-15-2-1-9-26-15/h1-10H,11H2,(H,22,23)(H,24,25). The average molecular weight is 361 g/mol. The summed E-state index contributed by atoms with van der Waals surface area (Å²) in [5.41, 5.74) is -0.185. The molecule has 8 heteroatoms. The van der Waals surface area contributed by atoms with E-state index in [-0.39, 0.29) is 5.69 Å².